The Hall–Kier alpha value is -3.33. The number of nitrogens with zero attached hydrogens (tertiary/aromatic N) is 2. The van der Waals surface area contributed by atoms with E-state index >= 15 is 0 Å². The Balaban J connectivity index is 1.81. The standard InChI is InChI=1S/C21H20N2O6S/c1-3-28-17-10-7-15(18(12-17)29-4-2)11-19-20(24)22(21(25)30-19)13-14-5-8-16(9-6-14)23(26)27/h5-12H,3-4,13H2,1-2H3. The van der Waals surface area contributed by atoms with Gasteiger partial charge in [-0.1, -0.05) is 12.1 Å². The van der Waals surface area contributed by atoms with Gasteiger partial charge in [-0.2, -0.15) is 0 Å². The Morgan fingerprint density at radius 2 is 1.77 bits per heavy atom. The quantitative estimate of drug-likeness (QED) is 0.343. The maximum absolute atomic E-state index is 12.8. The Morgan fingerprint density at radius 1 is 1.07 bits per heavy atom. The molecule has 1 fully saturated rings. The van der Waals surface area contributed by atoms with E-state index in [9.17, 15) is 19.7 Å². The zero-order chi connectivity index (χ0) is 21.7. The van der Waals surface area contributed by atoms with Gasteiger partial charge in [0.1, 0.15) is 11.5 Å². The van der Waals surface area contributed by atoms with Crippen molar-refractivity contribution in [1.82, 2.24) is 4.90 Å². The lowest BCUT2D eigenvalue weighted by Gasteiger charge is -2.12. The molecule has 0 bridgehead atoms. The number of non-ortho nitro benzene ring substituents is 1. The highest BCUT2D eigenvalue weighted by Crippen LogP contribution is 2.36. The summed E-state index contributed by atoms with van der Waals surface area (Å²) in [7, 11) is 0. The van der Waals surface area contributed by atoms with E-state index in [1.807, 2.05) is 13.8 Å². The molecule has 3 rings (SSSR count). The van der Waals surface area contributed by atoms with Crippen LogP contribution >= 0.6 is 11.8 Å². The van der Waals surface area contributed by atoms with Crippen LogP contribution in [0.4, 0.5) is 10.5 Å². The third kappa shape index (κ3) is 4.80. The summed E-state index contributed by atoms with van der Waals surface area (Å²) in [6, 6.07) is 11.1. The van der Waals surface area contributed by atoms with Crippen LogP contribution in [0.25, 0.3) is 6.08 Å². The smallest absolute Gasteiger partial charge is 0.293 e. The van der Waals surface area contributed by atoms with Crippen molar-refractivity contribution in [1.29, 1.82) is 0 Å². The fourth-order valence-corrected chi connectivity index (χ4v) is 3.68. The molecular formula is C21H20N2O6S. The highest BCUT2D eigenvalue weighted by Gasteiger charge is 2.35. The first-order valence-electron chi connectivity index (χ1n) is 9.31. The highest BCUT2D eigenvalue weighted by atomic mass is 32.2. The second kappa shape index (κ2) is 9.45. The lowest BCUT2D eigenvalue weighted by molar-refractivity contribution is -0.384. The molecule has 0 N–H and O–H groups in total. The number of hydrogen-bond donors (Lipinski definition) is 0. The molecule has 0 atom stereocenters. The Bertz CT molecular complexity index is 1000. The maximum atomic E-state index is 12.8. The van der Waals surface area contributed by atoms with Crippen LogP contribution in [0.1, 0.15) is 25.0 Å². The van der Waals surface area contributed by atoms with Gasteiger partial charge in [0.25, 0.3) is 16.8 Å². The summed E-state index contributed by atoms with van der Waals surface area (Å²) < 4.78 is 11.1. The maximum Gasteiger partial charge on any atom is 0.293 e. The Labute approximate surface area is 177 Å². The summed E-state index contributed by atoms with van der Waals surface area (Å²) in [5, 5.41) is 10.4. The normalized spacial score (nSPS) is 15.0. The molecule has 0 spiro atoms. The van der Waals surface area contributed by atoms with Gasteiger partial charge in [-0.3, -0.25) is 24.6 Å². The summed E-state index contributed by atoms with van der Waals surface area (Å²) in [5.74, 6) is 0.801. The van der Waals surface area contributed by atoms with Crippen LogP contribution in [0.3, 0.4) is 0 Å². The molecule has 0 radical (unpaired) electrons. The molecular weight excluding hydrogens is 408 g/mol. The Morgan fingerprint density at radius 3 is 2.40 bits per heavy atom. The lowest BCUT2D eigenvalue weighted by atomic mass is 10.1. The zero-order valence-electron chi connectivity index (χ0n) is 16.5. The Kier molecular flexibility index (Phi) is 6.73. The van der Waals surface area contributed by atoms with Crippen molar-refractivity contribution in [2.45, 2.75) is 20.4 Å². The summed E-state index contributed by atoms with van der Waals surface area (Å²) in [4.78, 5) is 36.8. The number of imide groups is 1. The molecule has 0 aromatic heterocycles. The molecule has 8 nitrogen and oxygen atoms in total. The van der Waals surface area contributed by atoms with E-state index in [1.165, 1.54) is 24.3 Å². The molecule has 1 saturated heterocycles. The van der Waals surface area contributed by atoms with Crippen LogP contribution in [0.5, 0.6) is 11.5 Å². The molecule has 0 aliphatic carbocycles. The van der Waals surface area contributed by atoms with Gasteiger partial charge in [0, 0.05) is 23.8 Å². The van der Waals surface area contributed by atoms with Gasteiger partial charge in [0.05, 0.1) is 29.6 Å². The minimum Gasteiger partial charge on any atom is -0.494 e. The number of carbonyl (C=O) groups excluding carboxylic acids is 2. The third-order valence-electron chi connectivity index (χ3n) is 4.24. The van der Waals surface area contributed by atoms with Gasteiger partial charge < -0.3 is 9.47 Å². The van der Waals surface area contributed by atoms with Crippen LogP contribution in [-0.4, -0.2) is 34.2 Å². The van der Waals surface area contributed by atoms with E-state index in [2.05, 4.69) is 0 Å². The lowest BCUT2D eigenvalue weighted by Crippen LogP contribution is -2.27. The van der Waals surface area contributed by atoms with Gasteiger partial charge in [-0.25, -0.2) is 0 Å². The van der Waals surface area contributed by atoms with Crippen LogP contribution < -0.4 is 9.47 Å². The number of thioether (sulfide) groups is 1. The number of rotatable bonds is 8. The third-order valence-corrected chi connectivity index (χ3v) is 5.15. The summed E-state index contributed by atoms with van der Waals surface area (Å²) in [5.41, 5.74) is 1.24. The average molecular weight is 428 g/mol. The van der Waals surface area contributed by atoms with E-state index in [4.69, 9.17) is 9.47 Å². The minimum absolute atomic E-state index is 0.0432. The number of hydrogen-bond acceptors (Lipinski definition) is 7. The number of amides is 2. The van der Waals surface area contributed by atoms with E-state index in [0.717, 1.165) is 16.7 Å². The number of nitro benzene ring substituents is 1. The van der Waals surface area contributed by atoms with Gasteiger partial charge in [-0.15, -0.1) is 0 Å². The minimum atomic E-state index is -0.501. The molecule has 2 aromatic rings. The van der Waals surface area contributed by atoms with Crippen molar-refractivity contribution in [3.8, 4) is 11.5 Å². The molecule has 0 unspecified atom stereocenters. The van der Waals surface area contributed by atoms with Crippen molar-refractivity contribution in [2.75, 3.05) is 13.2 Å². The van der Waals surface area contributed by atoms with E-state index in [0.29, 0.717) is 35.8 Å². The number of benzene rings is 2. The largest absolute Gasteiger partial charge is 0.494 e. The summed E-state index contributed by atoms with van der Waals surface area (Å²) in [6.45, 7) is 4.75. The topological polar surface area (TPSA) is 99.0 Å². The molecule has 1 heterocycles. The highest BCUT2D eigenvalue weighted by molar-refractivity contribution is 8.18. The SMILES string of the molecule is CCOc1ccc(C=C2SC(=O)N(Cc3ccc([N+](=O)[O-])cc3)C2=O)c(OCC)c1. The first-order valence-corrected chi connectivity index (χ1v) is 10.1. The monoisotopic (exact) mass is 428 g/mol. The van der Waals surface area contributed by atoms with Gasteiger partial charge >= 0.3 is 0 Å². The zero-order valence-corrected chi connectivity index (χ0v) is 17.3. The number of ether oxygens (including phenoxy) is 2. The predicted octanol–water partition coefficient (Wildman–Crippen LogP) is 4.63. The van der Waals surface area contributed by atoms with Crippen molar-refractivity contribution in [2.24, 2.45) is 0 Å². The molecule has 1 aliphatic heterocycles. The fourth-order valence-electron chi connectivity index (χ4n) is 2.85. The van der Waals surface area contributed by atoms with E-state index in [1.54, 1.807) is 24.3 Å². The van der Waals surface area contributed by atoms with Crippen LogP contribution in [-0.2, 0) is 11.3 Å². The number of nitro groups is 1. The van der Waals surface area contributed by atoms with Crippen LogP contribution in [0.15, 0.2) is 47.4 Å². The van der Waals surface area contributed by atoms with Crippen molar-refractivity contribution >= 4 is 34.7 Å². The van der Waals surface area contributed by atoms with Gasteiger partial charge in [-0.05, 0) is 49.4 Å². The summed E-state index contributed by atoms with van der Waals surface area (Å²) in [6.07, 6.45) is 1.63. The second-order valence-corrected chi connectivity index (χ2v) is 7.25. The first-order chi connectivity index (χ1) is 14.4. The predicted molar refractivity (Wildman–Crippen MR) is 113 cm³/mol. The van der Waals surface area contributed by atoms with Crippen LogP contribution in [0, 0.1) is 10.1 Å². The van der Waals surface area contributed by atoms with Crippen molar-refractivity contribution < 1.29 is 24.0 Å². The van der Waals surface area contributed by atoms with Crippen molar-refractivity contribution in [3.05, 3.63) is 68.6 Å². The molecule has 2 amide bonds. The molecule has 30 heavy (non-hydrogen) atoms. The van der Waals surface area contributed by atoms with Gasteiger partial charge in [0.15, 0.2) is 0 Å². The molecule has 156 valence electrons. The van der Waals surface area contributed by atoms with Crippen LogP contribution in [0.2, 0.25) is 0 Å². The molecule has 9 heteroatoms. The number of carbonyl (C=O) groups is 2. The summed E-state index contributed by atoms with van der Waals surface area (Å²) >= 11 is 0.849. The second-order valence-electron chi connectivity index (χ2n) is 6.26. The molecule has 2 aromatic carbocycles. The fraction of sp³-hybridized carbons (Fsp3) is 0.238. The molecule has 1 aliphatic rings. The van der Waals surface area contributed by atoms with E-state index in [-0.39, 0.29) is 17.1 Å². The van der Waals surface area contributed by atoms with Gasteiger partial charge in [0.2, 0.25) is 0 Å². The van der Waals surface area contributed by atoms with Crippen molar-refractivity contribution in [3.63, 3.8) is 0 Å². The molecule has 0 saturated carbocycles. The first kappa shape index (κ1) is 21.4. The average Bonchev–Trinajstić information content (AvgIpc) is 2.98. The van der Waals surface area contributed by atoms with E-state index < -0.39 is 16.1 Å².